The van der Waals surface area contributed by atoms with Gasteiger partial charge in [-0.1, -0.05) is 19.1 Å². The van der Waals surface area contributed by atoms with Crippen LogP contribution in [0.1, 0.15) is 31.2 Å². The molecule has 0 aliphatic carbocycles. The summed E-state index contributed by atoms with van der Waals surface area (Å²) in [6.45, 7) is 6.41. The summed E-state index contributed by atoms with van der Waals surface area (Å²) in [6.07, 6.45) is 2.88. The van der Waals surface area contributed by atoms with Gasteiger partial charge in [0.2, 0.25) is 5.89 Å². The summed E-state index contributed by atoms with van der Waals surface area (Å²) in [6, 6.07) is 6.39. The van der Waals surface area contributed by atoms with Crippen molar-refractivity contribution in [2.45, 2.75) is 26.2 Å². The molecule has 0 bridgehead atoms. The van der Waals surface area contributed by atoms with Gasteiger partial charge in [-0.05, 0) is 55.2 Å². The van der Waals surface area contributed by atoms with E-state index in [1.165, 1.54) is 18.6 Å². The molecule has 1 aromatic heterocycles. The summed E-state index contributed by atoms with van der Waals surface area (Å²) in [7, 11) is 2.18. The first-order valence-electron chi connectivity index (χ1n) is 8.64. The Bertz CT molecular complexity index is 643. The molecule has 1 fully saturated rings. The average molecular weight is 332 g/mol. The number of hydrogen-bond donors (Lipinski definition) is 0. The lowest BCUT2D eigenvalue weighted by Crippen LogP contribution is -2.29. The third-order valence-corrected chi connectivity index (χ3v) is 4.47. The van der Waals surface area contributed by atoms with Crippen LogP contribution in [0.2, 0.25) is 0 Å². The molecule has 2 heterocycles. The molecule has 0 amide bonds. The minimum atomic E-state index is -0.235. The van der Waals surface area contributed by atoms with Gasteiger partial charge in [-0.2, -0.15) is 4.98 Å². The normalized spacial score (nSPS) is 17.8. The molecule has 1 aromatic carbocycles. The Labute approximate surface area is 142 Å². The number of aromatic nitrogens is 2. The highest BCUT2D eigenvalue weighted by Crippen LogP contribution is 2.22. The lowest BCUT2D eigenvalue weighted by Gasteiger charge is -2.20. The van der Waals surface area contributed by atoms with Crippen LogP contribution < -0.4 is 4.90 Å². The molecule has 1 saturated heterocycles. The Morgan fingerprint density at radius 3 is 2.88 bits per heavy atom. The maximum Gasteiger partial charge on any atom is 0.266 e. The van der Waals surface area contributed by atoms with Crippen LogP contribution in [0.5, 0.6) is 0 Å². The van der Waals surface area contributed by atoms with E-state index in [0.717, 1.165) is 38.2 Å². The van der Waals surface area contributed by atoms with E-state index in [-0.39, 0.29) is 5.82 Å². The van der Waals surface area contributed by atoms with Crippen molar-refractivity contribution in [1.82, 2.24) is 15.0 Å². The molecule has 24 heavy (non-hydrogen) atoms. The van der Waals surface area contributed by atoms with Crippen molar-refractivity contribution in [1.29, 1.82) is 0 Å². The van der Waals surface area contributed by atoms with Crippen molar-refractivity contribution < 1.29 is 8.91 Å². The Balaban J connectivity index is 1.55. The van der Waals surface area contributed by atoms with Crippen LogP contribution in [0.15, 0.2) is 28.8 Å². The van der Waals surface area contributed by atoms with E-state index in [9.17, 15) is 4.39 Å². The van der Waals surface area contributed by atoms with Gasteiger partial charge in [-0.25, -0.2) is 4.39 Å². The molecular formula is C18H25FN4O. The molecule has 1 aliphatic rings. The number of anilines is 1. The topological polar surface area (TPSA) is 45.4 Å². The standard InChI is InChI=1S/C18H25FN4O/c1-3-9-22(2)12-15-8-10-23(13-15)18-20-17(24-21-18)11-14-4-6-16(19)7-5-14/h4-7,15H,3,8-13H2,1-2H3. The van der Waals surface area contributed by atoms with Crippen LogP contribution in [0, 0.1) is 11.7 Å². The maximum absolute atomic E-state index is 12.9. The third-order valence-electron chi connectivity index (χ3n) is 4.47. The highest BCUT2D eigenvalue weighted by atomic mass is 19.1. The average Bonchev–Trinajstić information content (AvgIpc) is 3.19. The molecule has 1 aliphatic heterocycles. The van der Waals surface area contributed by atoms with E-state index < -0.39 is 0 Å². The number of nitrogens with zero attached hydrogens (tertiary/aromatic N) is 4. The highest BCUT2D eigenvalue weighted by molar-refractivity contribution is 5.30. The summed E-state index contributed by atoms with van der Waals surface area (Å²) in [5.74, 6) is 1.66. The van der Waals surface area contributed by atoms with Gasteiger partial charge in [0.15, 0.2) is 0 Å². The van der Waals surface area contributed by atoms with Gasteiger partial charge in [-0.15, -0.1) is 0 Å². The second-order valence-electron chi connectivity index (χ2n) is 6.65. The van der Waals surface area contributed by atoms with Gasteiger partial charge in [0.05, 0.1) is 6.42 Å². The monoisotopic (exact) mass is 332 g/mol. The zero-order valence-electron chi connectivity index (χ0n) is 14.4. The summed E-state index contributed by atoms with van der Waals surface area (Å²) < 4.78 is 18.3. The van der Waals surface area contributed by atoms with Gasteiger partial charge < -0.3 is 14.3 Å². The van der Waals surface area contributed by atoms with E-state index in [1.54, 1.807) is 12.1 Å². The van der Waals surface area contributed by atoms with Crippen LogP contribution in [0.3, 0.4) is 0 Å². The summed E-state index contributed by atoms with van der Waals surface area (Å²) >= 11 is 0. The number of halogens is 1. The molecule has 2 aromatic rings. The number of rotatable bonds is 7. The van der Waals surface area contributed by atoms with Crippen LogP contribution in [0.25, 0.3) is 0 Å². The summed E-state index contributed by atoms with van der Waals surface area (Å²) in [5.41, 5.74) is 0.965. The third kappa shape index (κ3) is 4.32. The largest absolute Gasteiger partial charge is 0.338 e. The first kappa shape index (κ1) is 16.9. The lowest BCUT2D eigenvalue weighted by molar-refractivity contribution is 0.287. The van der Waals surface area contributed by atoms with E-state index in [1.807, 2.05) is 0 Å². The van der Waals surface area contributed by atoms with Gasteiger partial charge in [0, 0.05) is 19.6 Å². The molecule has 1 unspecified atom stereocenters. The second-order valence-corrected chi connectivity index (χ2v) is 6.65. The van der Waals surface area contributed by atoms with Crippen molar-refractivity contribution in [3.05, 3.63) is 41.5 Å². The second kappa shape index (κ2) is 7.75. The Hall–Kier alpha value is -1.95. The first-order valence-corrected chi connectivity index (χ1v) is 8.64. The van der Waals surface area contributed by atoms with Crippen molar-refractivity contribution in [2.24, 2.45) is 5.92 Å². The molecule has 6 heteroatoms. The molecule has 0 spiro atoms. The molecule has 3 rings (SSSR count). The van der Waals surface area contributed by atoms with Crippen molar-refractivity contribution in [3.8, 4) is 0 Å². The van der Waals surface area contributed by atoms with Crippen LogP contribution in [0.4, 0.5) is 10.3 Å². The van der Waals surface area contributed by atoms with E-state index in [0.29, 0.717) is 24.2 Å². The first-order chi connectivity index (χ1) is 11.6. The Kier molecular flexibility index (Phi) is 5.45. The minimum absolute atomic E-state index is 0.235. The van der Waals surface area contributed by atoms with Gasteiger partial charge >= 0.3 is 0 Å². The van der Waals surface area contributed by atoms with Crippen molar-refractivity contribution >= 4 is 5.95 Å². The van der Waals surface area contributed by atoms with Crippen molar-refractivity contribution in [2.75, 3.05) is 38.1 Å². The fraction of sp³-hybridized carbons (Fsp3) is 0.556. The lowest BCUT2D eigenvalue weighted by atomic mass is 10.1. The Morgan fingerprint density at radius 2 is 2.12 bits per heavy atom. The molecule has 0 N–H and O–H groups in total. The predicted molar refractivity (Wildman–Crippen MR) is 91.6 cm³/mol. The number of benzene rings is 1. The number of hydrogen-bond acceptors (Lipinski definition) is 5. The SMILES string of the molecule is CCCN(C)CC1CCN(c2noc(Cc3ccc(F)cc3)n2)C1. The summed E-state index contributed by atoms with van der Waals surface area (Å²) in [5, 5.41) is 4.11. The summed E-state index contributed by atoms with van der Waals surface area (Å²) in [4.78, 5) is 9.09. The zero-order chi connectivity index (χ0) is 16.9. The van der Waals surface area contributed by atoms with E-state index in [4.69, 9.17) is 4.52 Å². The molecular weight excluding hydrogens is 307 g/mol. The zero-order valence-corrected chi connectivity index (χ0v) is 14.4. The van der Waals surface area contributed by atoms with E-state index in [2.05, 4.69) is 33.9 Å². The molecule has 0 saturated carbocycles. The molecule has 1 atom stereocenters. The van der Waals surface area contributed by atoms with Gasteiger partial charge in [0.25, 0.3) is 5.95 Å². The van der Waals surface area contributed by atoms with E-state index >= 15 is 0 Å². The fourth-order valence-electron chi connectivity index (χ4n) is 3.30. The van der Waals surface area contributed by atoms with Crippen LogP contribution in [-0.2, 0) is 6.42 Å². The molecule has 5 nitrogen and oxygen atoms in total. The predicted octanol–water partition coefficient (Wildman–Crippen LogP) is 2.97. The van der Waals surface area contributed by atoms with Crippen LogP contribution in [-0.4, -0.2) is 48.3 Å². The fourth-order valence-corrected chi connectivity index (χ4v) is 3.30. The quantitative estimate of drug-likeness (QED) is 0.780. The van der Waals surface area contributed by atoms with Gasteiger partial charge in [-0.3, -0.25) is 0 Å². The van der Waals surface area contributed by atoms with Crippen molar-refractivity contribution in [3.63, 3.8) is 0 Å². The minimum Gasteiger partial charge on any atom is -0.338 e. The van der Waals surface area contributed by atoms with Crippen LogP contribution >= 0.6 is 0 Å². The maximum atomic E-state index is 12.9. The highest BCUT2D eigenvalue weighted by Gasteiger charge is 2.26. The smallest absolute Gasteiger partial charge is 0.266 e. The molecule has 130 valence electrons. The Morgan fingerprint density at radius 1 is 1.33 bits per heavy atom. The van der Waals surface area contributed by atoms with Gasteiger partial charge in [0.1, 0.15) is 5.82 Å². The molecule has 0 radical (unpaired) electrons.